The molecule has 9 heteroatoms. The number of nitrogens with zero attached hydrogens (tertiary/aromatic N) is 5. The smallest absolute Gasteiger partial charge is 0.292 e. The van der Waals surface area contributed by atoms with Gasteiger partial charge in [-0.1, -0.05) is 0 Å². The van der Waals surface area contributed by atoms with Crippen molar-refractivity contribution in [2.24, 2.45) is 0 Å². The predicted octanol–water partition coefficient (Wildman–Crippen LogP) is -1.32. The van der Waals surface area contributed by atoms with Crippen molar-refractivity contribution < 1.29 is 4.79 Å². The largest absolute Gasteiger partial charge is 0.349 e. The zero-order chi connectivity index (χ0) is 11.2. The monoisotopic (exact) mass is 222 g/mol. The van der Waals surface area contributed by atoms with E-state index in [1.807, 2.05) is 0 Å². The summed E-state index contributed by atoms with van der Waals surface area (Å²) in [7, 11) is 0. The van der Waals surface area contributed by atoms with Crippen LogP contribution in [-0.4, -0.2) is 48.3 Å². The first kappa shape index (κ1) is 10.2. The first-order valence-electron chi connectivity index (χ1n) is 4.72. The Morgan fingerprint density at radius 1 is 1.50 bits per heavy atom. The van der Waals surface area contributed by atoms with Crippen LogP contribution >= 0.6 is 0 Å². The van der Waals surface area contributed by atoms with E-state index in [1.54, 1.807) is 0 Å². The number of amides is 1. The van der Waals surface area contributed by atoms with Crippen LogP contribution in [0.2, 0.25) is 0 Å². The van der Waals surface area contributed by atoms with Gasteiger partial charge in [0, 0.05) is 13.0 Å². The van der Waals surface area contributed by atoms with Gasteiger partial charge in [0.25, 0.3) is 11.7 Å². The molecule has 0 saturated heterocycles. The Balaban J connectivity index is 1.67. The van der Waals surface area contributed by atoms with Crippen molar-refractivity contribution in [1.29, 1.82) is 0 Å². The Hall–Kier alpha value is -2.32. The fraction of sp³-hybridized carbons (Fsp3) is 0.429. The second-order valence-electron chi connectivity index (χ2n) is 3.03. The molecule has 0 radical (unpaired) electrons. The Kier molecular flexibility index (Phi) is 3.16. The van der Waals surface area contributed by atoms with Gasteiger partial charge in [-0.15, -0.1) is 10.2 Å². The highest BCUT2D eigenvalue weighted by atomic mass is 16.2. The molecule has 16 heavy (non-hydrogen) atoms. The van der Waals surface area contributed by atoms with E-state index in [1.165, 1.54) is 6.33 Å². The molecule has 84 valence electrons. The van der Waals surface area contributed by atoms with Crippen LogP contribution < -0.4 is 5.32 Å². The van der Waals surface area contributed by atoms with E-state index in [-0.39, 0.29) is 11.7 Å². The Morgan fingerprint density at radius 3 is 3.12 bits per heavy atom. The lowest BCUT2D eigenvalue weighted by Crippen LogP contribution is -2.26. The number of H-pyrrole nitrogens is 2. The first-order chi connectivity index (χ1) is 7.86. The lowest BCUT2D eigenvalue weighted by Gasteiger charge is -2.00. The fourth-order valence-electron chi connectivity index (χ4n) is 1.15. The maximum absolute atomic E-state index is 11.3. The maximum atomic E-state index is 11.3. The number of carbonyl (C=O) groups excluding carboxylic acids is 1. The van der Waals surface area contributed by atoms with E-state index in [0.717, 1.165) is 18.7 Å². The Labute approximate surface area is 90.1 Å². The van der Waals surface area contributed by atoms with Crippen LogP contribution in [0.15, 0.2) is 6.33 Å². The third kappa shape index (κ3) is 2.59. The Morgan fingerprint density at radius 2 is 2.44 bits per heavy atom. The molecule has 0 spiro atoms. The standard InChI is InChI=1S/C7H10N8O/c16-7(6-12-14-15-13-6)8-3-1-2-5-9-4-10-11-5/h4H,1-3H2,(H,8,16)(H,9,10,11)(H,12,13,14,15). The zero-order valence-corrected chi connectivity index (χ0v) is 8.34. The van der Waals surface area contributed by atoms with E-state index in [4.69, 9.17) is 0 Å². The van der Waals surface area contributed by atoms with Crippen molar-refractivity contribution in [1.82, 2.24) is 41.1 Å². The minimum atomic E-state index is -0.341. The van der Waals surface area contributed by atoms with Gasteiger partial charge >= 0.3 is 0 Å². The van der Waals surface area contributed by atoms with Gasteiger partial charge in [0.1, 0.15) is 12.2 Å². The first-order valence-corrected chi connectivity index (χ1v) is 4.72. The number of carbonyl (C=O) groups is 1. The van der Waals surface area contributed by atoms with Gasteiger partial charge in [-0.05, 0) is 11.6 Å². The summed E-state index contributed by atoms with van der Waals surface area (Å²) in [5, 5.41) is 21.7. The average Bonchev–Trinajstić information content (AvgIpc) is 2.96. The Bertz CT molecular complexity index is 421. The highest BCUT2D eigenvalue weighted by molar-refractivity contribution is 5.89. The van der Waals surface area contributed by atoms with Crippen molar-refractivity contribution in [2.75, 3.05) is 6.54 Å². The molecule has 0 aromatic carbocycles. The van der Waals surface area contributed by atoms with Crippen LogP contribution in [-0.2, 0) is 6.42 Å². The molecular weight excluding hydrogens is 212 g/mol. The van der Waals surface area contributed by atoms with E-state index >= 15 is 0 Å². The number of tetrazole rings is 1. The third-order valence-corrected chi connectivity index (χ3v) is 1.89. The molecule has 2 aromatic rings. The molecule has 0 bridgehead atoms. The van der Waals surface area contributed by atoms with Gasteiger partial charge in [0.05, 0.1) is 0 Å². The lowest BCUT2D eigenvalue weighted by molar-refractivity contribution is 0.0943. The molecule has 9 nitrogen and oxygen atoms in total. The second-order valence-corrected chi connectivity index (χ2v) is 3.03. The van der Waals surface area contributed by atoms with Crippen LogP contribution in [0.1, 0.15) is 22.9 Å². The molecule has 0 saturated carbocycles. The predicted molar refractivity (Wildman–Crippen MR) is 51.2 cm³/mol. The molecule has 0 atom stereocenters. The number of aromatic nitrogens is 7. The minimum Gasteiger partial charge on any atom is -0.349 e. The number of hydrogen-bond acceptors (Lipinski definition) is 6. The van der Waals surface area contributed by atoms with Gasteiger partial charge in [-0.25, -0.2) is 4.98 Å². The van der Waals surface area contributed by atoms with Crippen LogP contribution in [0, 0.1) is 0 Å². The van der Waals surface area contributed by atoms with Crippen molar-refractivity contribution in [2.45, 2.75) is 12.8 Å². The van der Waals surface area contributed by atoms with Crippen LogP contribution in [0.25, 0.3) is 0 Å². The number of rotatable bonds is 5. The molecule has 0 aliphatic heterocycles. The summed E-state index contributed by atoms with van der Waals surface area (Å²) in [6, 6.07) is 0. The summed E-state index contributed by atoms with van der Waals surface area (Å²) in [4.78, 5) is 15.3. The molecule has 2 heterocycles. The topological polar surface area (TPSA) is 125 Å². The van der Waals surface area contributed by atoms with E-state index in [9.17, 15) is 4.79 Å². The van der Waals surface area contributed by atoms with Crippen molar-refractivity contribution >= 4 is 5.91 Å². The molecule has 0 aliphatic carbocycles. The third-order valence-electron chi connectivity index (χ3n) is 1.89. The van der Waals surface area contributed by atoms with Crippen LogP contribution in [0.5, 0.6) is 0 Å². The SMILES string of the molecule is O=C(NCCCc1ncn[nH]1)c1nn[nH]n1. The molecule has 0 aliphatic rings. The highest BCUT2D eigenvalue weighted by Gasteiger charge is 2.08. The summed E-state index contributed by atoms with van der Waals surface area (Å²) >= 11 is 0. The summed E-state index contributed by atoms with van der Waals surface area (Å²) < 4.78 is 0. The molecule has 2 aromatic heterocycles. The van der Waals surface area contributed by atoms with Crippen molar-refractivity contribution in [3.63, 3.8) is 0 Å². The maximum Gasteiger partial charge on any atom is 0.292 e. The zero-order valence-electron chi connectivity index (χ0n) is 8.34. The van der Waals surface area contributed by atoms with E-state index in [2.05, 4.69) is 41.1 Å². The van der Waals surface area contributed by atoms with Gasteiger partial charge in [-0.3, -0.25) is 9.89 Å². The quantitative estimate of drug-likeness (QED) is 0.539. The summed E-state index contributed by atoms with van der Waals surface area (Å²) in [5.41, 5.74) is 0. The van der Waals surface area contributed by atoms with Gasteiger partial charge in [0.15, 0.2) is 0 Å². The van der Waals surface area contributed by atoms with E-state index < -0.39 is 0 Å². The molecule has 0 fully saturated rings. The number of nitrogens with one attached hydrogen (secondary N) is 3. The highest BCUT2D eigenvalue weighted by Crippen LogP contribution is 1.92. The molecule has 1 amide bonds. The summed E-state index contributed by atoms with van der Waals surface area (Å²) in [6.07, 6.45) is 2.94. The number of aryl methyl sites for hydroxylation is 1. The fourth-order valence-corrected chi connectivity index (χ4v) is 1.15. The van der Waals surface area contributed by atoms with Gasteiger partial charge < -0.3 is 5.32 Å². The summed E-state index contributed by atoms with van der Waals surface area (Å²) in [6.45, 7) is 0.522. The molecule has 3 N–H and O–H groups in total. The van der Waals surface area contributed by atoms with Crippen LogP contribution in [0.3, 0.4) is 0 Å². The number of hydrogen-bond donors (Lipinski definition) is 3. The van der Waals surface area contributed by atoms with Gasteiger partial charge in [-0.2, -0.15) is 10.3 Å². The van der Waals surface area contributed by atoms with Crippen molar-refractivity contribution in [3.05, 3.63) is 18.0 Å². The minimum absolute atomic E-state index is 0.0414. The second kappa shape index (κ2) is 4.96. The molecular formula is C7H10N8O. The normalized spacial score (nSPS) is 10.2. The average molecular weight is 222 g/mol. The van der Waals surface area contributed by atoms with Gasteiger partial charge in [0.2, 0.25) is 0 Å². The molecule has 0 unspecified atom stereocenters. The number of aromatic amines is 2. The van der Waals surface area contributed by atoms with Crippen LogP contribution in [0.4, 0.5) is 0 Å². The van der Waals surface area contributed by atoms with E-state index in [0.29, 0.717) is 6.54 Å². The summed E-state index contributed by atoms with van der Waals surface area (Å²) in [5.74, 6) is 0.500. The molecule has 2 rings (SSSR count). The van der Waals surface area contributed by atoms with Crippen molar-refractivity contribution in [3.8, 4) is 0 Å². The lowest BCUT2D eigenvalue weighted by atomic mass is 10.3.